The van der Waals surface area contributed by atoms with E-state index in [-0.39, 0.29) is 17.2 Å². The van der Waals surface area contributed by atoms with Gasteiger partial charge in [0.15, 0.2) is 0 Å². The van der Waals surface area contributed by atoms with Crippen molar-refractivity contribution in [1.29, 1.82) is 0 Å². The van der Waals surface area contributed by atoms with Crippen LogP contribution in [-0.2, 0) is 9.59 Å². The molecule has 0 bridgehead atoms. The molecule has 5 heteroatoms. The molecule has 3 rings (SSSR count). The number of amides is 2. The Kier molecular flexibility index (Phi) is 6.22. The monoisotopic (exact) mass is 382 g/mol. The zero-order valence-electron chi connectivity index (χ0n) is 16.1. The lowest BCUT2D eigenvalue weighted by atomic mass is 10.1. The molecule has 0 radical (unpaired) electrons. The van der Waals surface area contributed by atoms with Gasteiger partial charge in [0.25, 0.3) is 0 Å². The summed E-state index contributed by atoms with van der Waals surface area (Å²) in [6.07, 6.45) is 2.42. The molecule has 1 heterocycles. The molecule has 0 aromatic heterocycles. The van der Waals surface area contributed by atoms with Crippen LogP contribution in [0.1, 0.15) is 48.3 Å². The molecule has 1 aliphatic rings. The second kappa shape index (κ2) is 8.61. The Morgan fingerprint density at radius 3 is 2.63 bits per heavy atom. The summed E-state index contributed by atoms with van der Waals surface area (Å²) in [5, 5.41) is 2.90. The van der Waals surface area contributed by atoms with E-state index in [0.717, 1.165) is 40.9 Å². The molecule has 4 nitrogen and oxygen atoms in total. The molecule has 1 atom stereocenters. The SMILES string of the molecule is CCCCC(=O)Nc1cccc([C@H]2SCC(=O)N2c2cc(C)cc(C)c2)c1. The third-order valence-electron chi connectivity index (χ3n) is 4.57. The van der Waals surface area contributed by atoms with Gasteiger partial charge in [-0.05, 0) is 61.2 Å². The fourth-order valence-electron chi connectivity index (χ4n) is 3.37. The number of nitrogens with one attached hydrogen (secondary N) is 1. The van der Waals surface area contributed by atoms with Crippen LogP contribution >= 0.6 is 11.8 Å². The second-order valence-corrected chi connectivity index (χ2v) is 8.12. The van der Waals surface area contributed by atoms with Gasteiger partial charge in [-0.1, -0.05) is 31.5 Å². The van der Waals surface area contributed by atoms with Crippen LogP contribution in [0.3, 0.4) is 0 Å². The van der Waals surface area contributed by atoms with E-state index in [1.54, 1.807) is 11.8 Å². The van der Waals surface area contributed by atoms with E-state index in [9.17, 15) is 9.59 Å². The van der Waals surface area contributed by atoms with Crippen LogP contribution < -0.4 is 10.2 Å². The lowest BCUT2D eigenvalue weighted by Gasteiger charge is -2.25. The zero-order chi connectivity index (χ0) is 19.4. The van der Waals surface area contributed by atoms with Gasteiger partial charge in [-0.2, -0.15) is 0 Å². The summed E-state index contributed by atoms with van der Waals surface area (Å²) in [4.78, 5) is 26.5. The van der Waals surface area contributed by atoms with Gasteiger partial charge in [0.1, 0.15) is 5.37 Å². The normalized spacial score (nSPS) is 16.6. The Balaban J connectivity index is 1.85. The quantitative estimate of drug-likeness (QED) is 0.746. The second-order valence-electron chi connectivity index (χ2n) is 7.05. The molecule has 0 spiro atoms. The Morgan fingerprint density at radius 2 is 1.93 bits per heavy atom. The van der Waals surface area contributed by atoms with E-state index < -0.39 is 0 Å². The molecule has 27 heavy (non-hydrogen) atoms. The van der Waals surface area contributed by atoms with Crippen LogP contribution in [0.2, 0.25) is 0 Å². The van der Waals surface area contributed by atoms with Crippen molar-refractivity contribution in [3.05, 3.63) is 59.2 Å². The van der Waals surface area contributed by atoms with Crippen molar-refractivity contribution in [2.24, 2.45) is 0 Å². The first kappa shape index (κ1) is 19.5. The highest BCUT2D eigenvalue weighted by molar-refractivity contribution is 8.00. The van der Waals surface area contributed by atoms with E-state index in [0.29, 0.717) is 12.2 Å². The number of hydrogen-bond donors (Lipinski definition) is 1. The highest BCUT2D eigenvalue weighted by Gasteiger charge is 2.34. The average molecular weight is 383 g/mol. The number of carbonyl (C=O) groups is 2. The van der Waals surface area contributed by atoms with Gasteiger partial charge >= 0.3 is 0 Å². The van der Waals surface area contributed by atoms with Crippen molar-refractivity contribution in [3.63, 3.8) is 0 Å². The molecule has 2 amide bonds. The van der Waals surface area contributed by atoms with E-state index in [2.05, 4.69) is 30.4 Å². The van der Waals surface area contributed by atoms with Gasteiger partial charge in [0.2, 0.25) is 11.8 Å². The fraction of sp³-hybridized carbons (Fsp3) is 0.364. The molecule has 1 N–H and O–H groups in total. The van der Waals surface area contributed by atoms with Gasteiger partial charge < -0.3 is 5.32 Å². The highest BCUT2D eigenvalue weighted by Crippen LogP contribution is 2.42. The minimum Gasteiger partial charge on any atom is -0.326 e. The highest BCUT2D eigenvalue weighted by atomic mass is 32.2. The number of unbranched alkanes of at least 4 members (excludes halogenated alkanes) is 1. The summed E-state index contributed by atoms with van der Waals surface area (Å²) in [6, 6.07) is 14.1. The predicted molar refractivity (Wildman–Crippen MR) is 113 cm³/mol. The first-order valence-electron chi connectivity index (χ1n) is 9.39. The molecule has 1 saturated heterocycles. The first-order valence-corrected chi connectivity index (χ1v) is 10.4. The lowest BCUT2D eigenvalue weighted by Crippen LogP contribution is -2.28. The zero-order valence-corrected chi connectivity index (χ0v) is 16.9. The third kappa shape index (κ3) is 4.72. The number of aryl methyl sites for hydroxylation is 2. The van der Waals surface area contributed by atoms with Crippen molar-refractivity contribution in [2.45, 2.75) is 45.4 Å². The predicted octanol–water partition coefficient (Wildman–Crippen LogP) is 5.21. The van der Waals surface area contributed by atoms with E-state index in [1.807, 2.05) is 43.0 Å². The summed E-state index contributed by atoms with van der Waals surface area (Å²) < 4.78 is 0. The first-order chi connectivity index (χ1) is 13.0. The third-order valence-corrected chi connectivity index (χ3v) is 5.78. The number of nitrogens with zero attached hydrogens (tertiary/aromatic N) is 1. The van der Waals surface area contributed by atoms with Gasteiger partial charge in [0, 0.05) is 17.8 Å². The number of thioether (sulfide) groups is 1. The number of benzene rings is 2. The van der Waals surface area contributed by atoms with Crippen LogP contribution in [0.5, 0.6) is 0 Å². The summed E-state index contributed by atoms with van der Waals surface area (Å²) in [5.74, 6) is 0.618. The van der Waals surface area contributed by atoms with Crippen molar-refractivity contribution in [3.8, 4) is 0 Å². The van der Waals surface area contributed by atoms with Gasteiger partial charge in [-0.25, -0.2) is 0 Å². The van der Waals surface area contributed by atoms with E-state index >= 15 is 0 Å². The topological polar surface area (TPSA) is 49.4 Å². The molecule has 0 aliphatic carbocycles. The average Bonchev–Trinajstić information content (AvgIpc) is 3.01. The summed E-state index contributed by atoms with van der Waals surface area (Å²) in [6.45, 7) is 6.17. The maximum absolute atomic E-state index is 12.6. The van der Waals surface area contributed by atoms with Crippen molar-refractivity contribution in [2.75, 3.05) is 16.0 Å². The Bertz CT molecular complexity index is 830. The van der Waals surface area contributed by atoms with E-state index in [1.165, 1.54) is 0 Å². The number of rotatable bonds is 6. The fourth-order valence-corrected chi connectivity index (χ4v) is 4.54. The van der Waals surface area contributed by atoms with Gasteiger partial charge in [-0.3, -0.25) is 14.5 Å². The summed E-state index contributed by atoms with van der Waals surface area (Å²) >= 11 is 1.62. The Hall–Kier alpha value is -2.27. The summed E-state index contributed by atoms with van der Waals surface area (Å²) in [5.41, 5.74) is 5.04. The van der Waals surface area contributed by atoms with Crippen molar-refractivity contribution >= 4 is 35.0 Å². The molecule has 0 unspecified atom stereocenters. The van der Waals surface area contributed by atoms with Crippen molar-refractivity contribution < 1.29 is 9.59 Å². The molecule has 1 aliphatic heterocycles. The molecule has 142 valence electrons. The minimum absolute atomic E-state index is 0.0373. The minimum atomic E-state index is -0.0776. The molecule has 2 aromatic rings. The number of carbonyl (C=O) groups excluding carboxylic acids is 2. The lowest BCUT2D eigenvalue weighted by molar-refractivity contribution is -0.116. The standard InChI is InChI=1S/C22H26N2O2S/c1-4-5-9-20(25)23-18-8-6-7-17(13-18)22-24(21(26)14-27-22)19-11-15(2)10-16(3)12-19/h6-8,10-13,22H,4-5,9,14H2,1-3H3,(H,23,25)/t22-/m1/s1. The van der Waals surface area contributed by atoms with Crippen LogP contribution in [0.4, 0.5) is 11.4 Å². The number of hydrogen-bond acceptors (Lipinski definition) is 3. The summed E-state index contributed by atoms with van der Waals surface area (Å²) in [7, 11) is 0. The van der Waals surface area contributed by atoms with Crippen LogP contribution in [-0.4, -0.2) is 17.6 Å². The Labute approximate surface area is 165 Å². The molecular formula is C22H26N2O2S. The maximum atomic E-state index is 12.6. The molecule has 1 fully saturated rings. The smallest absolute Gasteiger partial charge is 0.238 e. The largest absolute Gasteiger partial charge is 0.326 e. The van der Waals surface area contributed by atoms with Crippen LogP contribution in [0.25, 0.3) is 0 Å². The number of anilines is 2. The molecular weight excluding hydrogens is 356 g/mol. The van der Waals surface area contributed by atoms with Gasteiger partial charge in [0.05, 0.1) is 5.75 Å². The Morgan fingerprint density at radius 1 is 1.19 bits per heavy atom. The van der Waals surface area contributed by atoms with Crippen LogP contribution in [0.15, 0.2) is 42.5 Å². The molecule has 0 saturated carbocycles. The maximum Gasteiger partial charge on any atom is 0.238 e. The molecule has 2 aromatic carbocycles. The van der Waals surface area contributed by atoms with Gasteiger partial charge in [-0.15, -0.1) is 11.8 Å². The van der Waals surface area contributed by atoms with E-state index in [4.69, 9.17) is 0 Å². The van der Waals surface area contributed by atoms with Crippen LogP contribution in [0, 0.1) is 13.8 Å². The van der Waals surface area contributed by atoms with Crippen molar-refractivity contribution in [1.82, 2.24) is 0 Å².